The second kappa shape index (κ2) is 7.60. The van der Waals surface area contributed by atoms with E-state index in [9.17, 15) is 4.79 Å². The van der Waals surface area contributed by atoms with Gasteiger partial charge in [0.15, 0.2) is 11.5 Å². The number of carbonyl (C=O) groups is 1. The molecular weight excluding hydrogens is 349 g/mol. The largest absolute Gasteiger partial charge is 0.486 e. The Morgan fingerprint density at radius 3 is 2.75 bits per heavy atom. The van der Waals surface area contributed by atoms with Crippen molar-refractivity contribution in [2.24, 2.45) is 0 Å². The first kappa shape index (κ1) is 16.7. The molecule has 0 radical (unpaired) electrons. The number of rotatable bonds is 4. The fourth-order valence-electron chi connectivity index (χ4n) is 2.26. The van der Waals surface area contributed by atoms with Gasteiger partial charge in [-0.15, -0.1) is 0 Å². The van der Waals surface area contributed by atoms with Crippen LogP contribution in [0.2, 0.25) is 10.0 Å². The Morgan fingerprint density at radius 2 is 1.92 bits per heavy atom. The van der Waals surface area contributed by atoms with Gasteiger partial charge >= 0.3 is 0 Å². The fourth-order valence-corrected chi connectivity index (χ4v) is 2.63. The van der Waals surface area contributed by atoms with E-state index < -0.39 is 0 Å². The Balaban J connectivity index is 1.59. The van der Waals surface area contributed by atoms with Crippen LogP contribution < -0.4 is 14.8 Å². The second-order valence-corrected chi connectivity index (χ2v) is 5.96. The molecule has 0 fully saturated rings. The van der Waals surface area contributed by atoms with E-state index in [1.165, 1.54) is 6.08 Å². The molecule has 3 rings (SSSR count). The molecule has 0 bridgehead atoms. The molecule has 0 aromatic heterocycles. The van der Waals surface area contributed by atoms with Crippen LogP contribution >= 0.6 is 23.2 Å². The molecule has 0 spiro atoms. The van der Waals surface area contributed by atoms with Gasteiger partial charge in [0.05, 0.1) is 10.0 Å². The third-order valence-corrected chi connectivity index (χ3v) is 4.30. The number of hydrogen-bond donors (Lipinski definition) is 1. The van der Waals surface area contributed by atoms with E-state index in [0.717, 1.165) is 11.3 Å². The summed E-state index contributed by atoms with van der Waals surface area (Å²) >= 11 is 12.0. The molecule has 0 saturated carbocycles. The van der Waals surface area contributed by atoms with Crippen LogP contribution in [-0.2, 0) is 11.3 Å². The van der Waals surface area contributed by atoms with Crippen LogP contribution in [0.3, 0.4) is 0 Å². The minimum Gasteiger partial charge on any atom is -0.486 e. The zero-order valence-electron chi connectivity index (χ0n) is 12.7. The average molecular weight is 364 g/mol. The molecule has 0 atom stereocenters. The molecule has 24 heavy (non-hydrogen) atoms. The van der Waals surface area contributed by atoms with E-state index in [1.807, 2.05) is 18.2 Å². The van der Waals surface area contributed by atoms with Crippen molar-refractivity contribution in [3.05, 3.63) is 63.6 Å². The van der Waals surface area contributed by atoms with Crippen LogP contribution in [0, 0.1) is 0 Å². The van der Waals surface area contributed by atoms with Gasteiger partial charge in [0.1, 0.15) is 13.2 Å². The lowest BCUT2D eigenvalue weighted by Gasteiger charge is -2.18. The molecule has 2 aromatic rings. The molecule has 2 aromatic carbocycles. The van der Waals surface area contributed by atoms with Gasteiger partial charge in [-0.3, -0.25) is 4.79 Å². The highest BCUT2D eigenvalue weighted by molar-refractivity contribution is 6.42. The van der Waals surface area contributed by atoms with E-state index in [0.29, 0.717) is 41.1 Å². The predicted octanol–water partition coefficient (Wildman–Crippen LogP) is 4.09. The molecule has 0 saturated heterocycles. The van der Waals surface area contributed by atoms with Gasteiger partial charge < -0.3 is 14.8 Å². The maximum atomic E-state index is 11.9. The third kappa shape index (κ3) is 4.02. The summed E-state index contributed by atoms with van der Waals surface area (Å²) in [5.41, 5.74) is 1.63. The van der Waals surface area contributed by atoms with Gasteiger partial charge in [-0.05, 0) is 35.4 Å². The topological polar surface area (TPSA) is 47.6 Å². The number of amides is 1. The quantitative estimate of drug-likeness (QED) is 0.832. The molecule has 6 heteroatoms. The average Bonchev–Trinajstić information content (AvgIpc) is 2.61. The number of hydrogen-bond acceptors (Lipinski definition) is 3. The van der Waals surface area contributed by atoms with Gasteiger partial charge in [-0.2, -0.15) is 0 Å². The number of nitrogens with one attached hydrogen (secondary N) is 1. The number of ether oxygens (including phenoxy) is 2. The Labute approximate surface area is 150 Å². The Morgan fingerprint density at radius 1 is 1.12 bits per heavy atom. The zero-order valence-corrected chi connectivity index (χ0v) is 14.2. The molecule has 124 valence electrons. The van der Waals surface area contributed by atoms with Crippen molar-refractivity contribution in [1.29, 1.82) is 0 Å². The van der Waals surface area contributed by atoms with E-state index in [2.05, 4.69) is 5.32 Å². The number of benzene rings is 2. The molecular formula is C18H15Cl2NO3. The van der Waals surface area contributed by atoms with Crippen LogP contribution in [0.5, 0.6) is 11.5 Å². The first-order valence-corrected chi connectivity index (χ1v) is 8.17. The van der Waals surface area contributed by atoms with E-state index in [1.54, 1.807) is 24.3 Å². The van der Waals surface area contributed by atoms with E-state index in [4.69, 9.17) is 32.7 Å². The lowest BCUT2D eigenvalue weighted by Crippen LogP contribution is -2.21. The van der Waals surface area contributed by atoms with Crippen molar-refractivity contribution >= 4 is 35.2 Å². The van der Waals surface area contributed by atoms with Crippen molar-refractivity contribution in [1.82, 2.24) is 5.32 Å². The minimum atomic E-state index is -0.221. The second-order valence-electron chi connectivity index (χ2n) is 5.17. The van der Waals surface area contributed by atoms with Crippen LogP contribution in [0.1, 0.15) is 11.1 Å². The summed E-state index contributed by atoms with van der Waals surface area (Å²) < 4.78 is 11.0. The number of fused-ring (bicyclic) bond motifs is 1. The summed E-state index contributed by atoms with van der Waals surface area (Å²) in [4.78, 5) is 11.9. The van der Waals surface area contributed by atoms with Gasteiger partial charge in [-0.1, -0.05) is 41.4 Å². The minimum absolute atomic E-state index is 0.221. The molecule has 1 amide bonds. The van der Waals surface area contributed by atoms with E-state index in [-0.39, 0.29) is 5.91 Å². The summed E-state index contributed by atoms with van der Waals surface area (Å²) in [6.45, 7) is 1.48. The highest BCUT2D eigenvalue weighted by Gasteiger charge is 2.11. The highest BCUT2D eigenvalue weighted by Crippen LogP contribution is 2.30. The van der Waals surface area contributed by atoms with E-state index >= 15 is 0 Å². The Kier molecular flexibility index (Phi) is 5.28. The van der Waals surface area contributed by atoms with Gasteiger partial charge in [-0.25, -0.2) is 0 Å². The first-order chi connectivity index (χ1) is 11.6. The Hall–Kier alpha value is -2.17. The monoisotopic (exact) mass is 363 g/mol. The normalized spacial score (nSPS) is 13.1. The SMILES string of the molecule is O=C(C=Cc1cccc(Cl)c1Cl)NCc1ccc2c(c1)OCCO2. The third-order valence-electron chi connectivity index (χ3n) is 3.47. The van der Waals surface area contributed by atoms with Crippen molar-refractivity contribution in [3.63, 3.8) is 0 Å². The zero-order chi connectivity index (χ0) is 16.9. The lowest BCUT2D eigenvalue weighted by molar-refractivity contribution is -0.116. The smallest absolute Gasteiger partial charge is 0.244 e. The van der Waals surface area contributed by atoms with Crippen molar-refractivity contribution in [2.45, 2.75) is 6.54 Å². The summed E-state index contributed by atoms with van der Waals surface area (Å²) in [6.07, 6.45) is 3.06. The summed E-state index contributed by atoms with van der Waals surface area (Å²) in [5, 5.41) is 3.69. The number of halogens is 2. The summed E-state index contributed by atoms with van der Waals surface area (Å²) in [6, 6.07) is 10.9. The summed E-state index contributed by atoms with van der Waals surface area (Å²) in [5.74, 6) is 1.21. The predicted molar refractivity (Wildman–Crippen MR) is 94.8 cm³/mol. The standard InChI is InChI=1S/C18H15Cl2NO3/c19-14-3-1-2-13(18(14)20)5-7-17(22)21-11-12-4-6-15-16(10-12)24-9-8-23-15/h1-7,10H,8-9,11H2,(H,21,22). The molecule has 1 N–H and O–H groups in total. The lowest BCUT2D eigenvalue weighted by atomic mass is 10.2. The first-order valence-electron chi connectivity index (χ1n) is 7.42. The van der Waals surface area contributed by atoms with Crippen LogP contribution in [0.4, 0.5) is 0 Å². The maximum Gasteiger partial charge on any atom is 0.244 e. The molecule has 0 unspecified atom stereocenters. The van der Waals surface area contributed by atoms with Crippen molar-refractivity contribution in [3.8, 4) is 11.5 Å². The highest BCUT2D eigenvalue weighted by atomic mass is 35.5. The molecule has 0 aliphatic carbocycles. The van der Waals surface area contributed by atoms with Gasteiger partial charge in [0, 0.05) is 12.6 Å². The van der Waals surface area contributed by atoms with Gasteiger partial charge in [0.25, 0.3) is 0 Å². The molecule has 4 nitrogen and oxygen atoms in total. The Bertz CT molecular complexity index is 790. The van der Waals surface area contributed by atoms with Gasteiger partial charge in [0.2, 0.25) is 5.91 Å². The molecule has 1 aliphatic heterocycles. The number of carbonyl (C=O) groups excluding carboxylic acids is 1. The fraction of sp³-hybridized carbons (Fsp3) is 0.167. The van der Waals surface area contributed by atoms with Crippen molar-refractivity contribution in [2.75, 3.05) is 13.2 Å². The maximum absolute atomic E-state index is 11.9. The molecule has 1 aliphatic rings. The van der Waals surface area contributed by atoms with Crippen LogP contribution in [-0.4, -0.2) is 19.1 Å². The molecule has 1 heterocycles. The van der Waals surface area contributed by atoms with Crippen LogP contribution in [0.25, 0.3) is 6.08 Å². The van der Waals surface area contributed by atoms with Crippen LogP contribution in [0.15, 0.2) is 42.5 Å². The van der Waals surface area contributed by atoms with Crippen molar-refractivity contribution < 1.29 is 14.3 Å². The summed E-state index contributed by atoms with van der Waals surface area (Å²) in [7, 11) is 0.